The molecule has 0 aliphatic heterocycles. The van der Waals surface area contributed by atoms with Crippen LogP contribution >= 0.6 is 23.8 Å². The fraction of sp³-hybridized carbons (Fsp3) is 0.286. The van der Waals surface area contributed by atoms with Gasteiger partial charge in [0, 0.05) is 6.54 Å². The van der Waals surface area contributed by atoms with E-state index < -0.39 is 0 Å². The lowest BCUT2D eigenvalue weighted by atomic mass is 10.3. The van der Waals surface area contributed by atoms with Crippen LogP contribution in [0.5, 0.6) is 0 Å². The number of para-hydroxylation sites is 1. The summed E-state index contributed by atoms with van der Waals surface area (Å²) in [7, 11) is 0. The number of benzene rings is 1. The predicted molar refractivity (Wildman–Crippen MR) is 88.7 cm³/mol. The largest absolute Gasteiger partial charge is 0.331 e. The van der Waals surface area contributed by atoms with Crippen LogP contribution in [0.15, 0.2) is 24.3 Å². The number of thiocarbonyl (C=S) groups is 1. The number of aromatic nitrogens is 2. The third-order valence-electron chi connectivity index (χ3n) is 3.04. The number of nitrogens with one attached hydrogen (secondary N) is 2. The number of rotatable bonds is 3. The Bertz CT molecular complexity index is 636. The lowest BCUT2D eigenvalue weighted by Crippen LogP contribution is -2.20. The van der Waals surface area contributed by atoms with Crippen LogP contribution in [-0.4, -0.2) is 14.9 Å². The second kappa shape index (κ2) is 6.24. The maximum Gasteiger partial charge on any atom is 0.175 e. The second-order valence-corrected chi connectivity index (χ2v) is 5.24. The molecule has 2 rings (SSSR count). The molecule has 2 N–H and O–H groups in total. The molecular weight excluding hydrogens is 292 g/mol. The van der Waals surface area contributed by atoms with Crippen LogP contribution in [0.25, 0.3) is 0 Å². The van der Waals surface area contributed by atoms with Gasteiger partial charge in [0.25, 0.3) is 0 Å². The van der Waals surface area contributed by atoms with Gasteiger partial charge in [-0.3, -0.25) is 4.68 Å². The van der Waals surface area contributed by atoms with Crippen LogP contribution in [0, 0.1) is 13.8 Å². The molecule has 0 unspecified atom stereocenters. The van der Waals surface area contributed by atoms with Gasteiger partial charge in [-0.2, -0.15) is 5.10 Å². The van der Waals surface area contributed by atoms with E-state index in [1.807, 2.05) is 42.8 Å². The first-order valence-electron chi connectivity index (χ1n) is 6.39. The van der Waals surface area contributed by atoms with Crippen molar-refractivity contribution in [1.29, 1.82) is 0 Å². The molecule has 0 atom stereocenters. The molecule has 1 aromatic heterocycles. The third kappa shape index (κ3) is 3.11. The molecule has 0 spiro atoms. The second-order valence-electron chi connectivity index (χ2n) is 4.42. The van der Waals surface area contributed by atoms with Gasteiger partial charge in [0.2, 0.25) is 0 Å². The monoisotopic (exact) mass is 308 g/mol. The summed E-state index contributed by atoms with van der Waals surface area (Å²) in [6.45, 7) is 6.87. The molecular formula is C14H17ClN4S. The average Bonchev–Trinajstić information content (AvgIpc) is 2.69. The predicted octanol–water partition coefficient (Wildman–Crippen LogP) is 3.98. The Balaban J connectivity index is 2.13. The summed E-state index contributed by atoms with van der Waals surface area (Å²) in [6, 6.07) is 7.48. The van der Waals surface area contributed by atoms with E-state index in [4.69, 9.17) is 23.8 Å². The smallest absolute Gasteiger partial charge is 0.175 e. The van der Waals surface area contributed by atoms with Crippen molar-refractivity contribution in [3.63, 3.8) is 0 Å². The fourth-order valence-corrected chi connectivity index (χ4v) is 2.41. The molecule has 106 valence electrons. The third-order valence-corrected chi connectivity index (χ3v) is 3.58. The molecule has 0 aliphatic rings. The normalized spacial score (nSPS) is 10.4. The summed E-state index contributed by atoms with van der Waals surface area (Å²) in [5.41, 5.74) is 3.71. The zero-order chi connectivity index (χ0) is 14.7. The van der Waals surface area contributed by atoms with Crippen LogP contribution < -0.4 is 10.6 Å². The molecule has 1 heterocycles. The SMILES string of the molecule is CCn1nc(C)c(NC(=S)Nc2ccccc2Cl)c1C. The molecule has 0 fully saturated rings. The molecule has 0 bridgehead atoms. The first-order valence-corrected chi connectivity index (χ1v) is 7.18. The van der Waals surface area contributed by atoms with E-state index in [1.165, 1.54) is 0 Å². The topological polar surface area (TPSA) is 41.9 Å². The van der Waals surface area contributed by atoms with Crippen LogP contribution in [0.1, 0.15) is 18.3 Å². The Kier molecular flexibility index (Phi) is 4.62. The average molecular weight is 309 g/mol. The van der Waals surface area contributed by atoms with Gasteiger partial charge in [0.1, 0.15) is 0 Å². The van der Waals surface area contributed by atoms with Gasteiger partial charge in [0.05, 0.1) is 27.8 Å². The molecule has 0 aliphatic carbocycles. The Morgan fingerprint density at radius 2 is 2.00 bits per heavy atom. The van der Waals surface area contributed by atoms with E-state index in [9.17, 15) is 0 Å². The van der Waals surface area contributed by atoms with Crippen molar-refractivity contribution >= 4 is 40.3 Å². The summed E-state index contributed by atoms with van der Waals surface area (Å²) in [5.74, 6) is 0. The molecule has 0 amide bonds. The zero-order valence-corrected chi connectivity index (χ0v) is 13.3. The van der Waals surface area contributed by atoms with Crippen molar-refractivity contribution in [1.82, 2.24) is 9.78 Å². The Hall–Kier alpha value is -1.59. The lowest BCUT2D eigenvalue weighted by molar-refractivity contribution is 0.634. The van der Waals surface area contributed by atoms with Crippen LogP contribution in [-0.2, 0) is 6.54 Å². The molecule has 1 aromatic carbocycles. The van der Waals surface area contributed by atoms with Gasteiger partial charge in [-0.15, -0.1) is 0 Å². The van der Waals surface area contributed by atoms with Gasteiger partial charge in [-0.05, 0) is 45.1 Å². The van der Waals surface area contributed by atoms with Crippen molar-refractivity contribution in [2.75, 3.05) is 10.6 Å². The lowest BCUT2D eigenvalue weighted by Gasteiger charge is -2.12. The number of aryl methyl sites for hydroxylation is 2. The number of hydrogen-bond acceptors (Lipinski definition) is 2. The van der Waals surface area contributed by atoms with Gasteiger partial charge < -0.3 is 10.6 Å². The maximum atomic E-state index is 6.09. The maximum absolute atomic E-state index is 6.09. The minimum Gasteiger partial charge on any atom is -0.331 e. The summed E-state index contributed by atoms with van der Waals surface area (Å²) >= 11 is 11.4. The van der Waals surface area contributed by atoms with E-state index in [2.05, 4.69) is 22.7 Å². The standard InChI is InChI=1S/C14H17ClN4S/c1-4-19-10(3)13(9(2)18-19)17-14(20)16-12-8-6-5-7-11(12)15/h5-8H,4H2,1-3H3,(H2,16,17,20). The van der Waals surface area contributed by atoms with Gasteiger partial charge in [-0.25, -0.2) is 0 Å². The van der Waals surface area contributed by atoms with Crippen molar-refractivity contribution in [3.05, 3.63) is 40.7 Å². The molecule has 0 saturated heterocycles. The fourth-order valence-electron chi connectivity index (χ4n) is 2.02. The van der Waals surface area contributed by atoms with Gasteiger partial charge in [0.15, 0.2) is 5.11 Å². The number of nitrogens with zero attached hydrogens (tertiary/aromatic N) is 2. The van der Waals surface area contributed by atoms with Gasteiger partial charge >= 0.3 is 0 Å². The highest BCUT2D eigenvalue weighted by atomic mass is 35.5. The summed E-state index contributed by atoms with van der Waals surface area (Å²) in [6.07, 6.45) is 0. The number of anilines is 2. The van der Waals surface area contributed by atoms with Crippen molar-refractivity contribution in [2.45, 2.75) is 27.3 Å². The quantitative estimate of drug-likeness (QED) is 0.842. The Morgan fingerprint density at radius 3 is 2.60 bits per heavy atom. The van der Waals surface area contributed by atoms with Crippen molar-refractivity contribution in [3.8, 4) is 0 Å². The van der Waals surface area contributed by atoms with Gasteiger partial charge in [-0.1, -0.05) is 23.7 Å². The zero-order valence-electron chi connectivity index (χ0n) is 11.7. The van der Waals surface area contributed by atoms with E-state index in [-0.39, 0.29) is 0 Å². The van der Waals surface area contributed by atoms with Crippen LogP contribution in [0.2, 0.25) is 5.02 Å². The summed E-state index contributed by atoms with van der Waals surface area (Å²) in [4.78, 5) is 0. The minimum absolute atomic E-state index is 0.500. The first-order chi connectivity index (χ1) is 9.52. The first kappa shape index (κ1) is 14.8. The molecule has 20 heavy (non-hydrogen) atoms. The van der Waals surface area contributed by atoms with Crippen LogP contribution in [0.3, 0.4) is 0 Å². The van der Waals surface area contributed by atoms with Crippen molar-refractivity contribution < 1.29 is 0 Å². The molecule has 0 saturated carbocycles. The Labute approximate surface area is 129 Å². The van der Waals surface area contributed by atoms with E-state index in [1.54, 1.807) is 0 Å². The van der Waals surface area contributed by atoms with E-state index in [0.29, 0.717) is 10.1 Å². The molecule has 0 radical (unpaired) electrons. The highest BCUT2D eigenvalue weighted by Crippen LogP contribution is 2.22. The Morgan fingerprint density at radius 1 is 1.30 bits per heavy atom. The molecule has 4 nitrogen and oxygen atoms in total. The highest BCUT2D eigenvalue weighted by Gasteiger charge is 2.12. The number of halogens is 1. The highest BCUT2D eigenvalue weighted by molar-refractivity contribution is 7.80. The minimum atomic E-state index is 0.500. The number of hydrogen-bond donors (Lipinski definition) is 2. The molecule has 6 heteroatoms. The summed E-state index contributed by atoms with van der Waals surface area (Å²) < 4.78 is 1.94. The van der Waals surface area contributed by atoms with Crippen molar-refractivity contribution in [2.24, 2.45) is 0 Å². The summed E-state index contributed by atoms with van der Waals surface area (Å²) in [5, 5.41) is 11.9. The van der Waals surface area contributed by atoms with Crippen LogP contribution in [0.4, 0.5) is 11.4 Å². The molecule has 2 aromatic rings. The van der Waals surface area contributed by atoms with E-state index in [0.717, 1.165) is 29.3 Å². The van der Waals surface area contributed by atoms with E-state index >= 15 is 0 Å².